The summed E-state index contributed by atoms with van der Waals surface area (Å²) in [6.07, 6.45) is 1.89. The van der Waals surface area contributed by atoms with Crippen molar-refractivity contribution in [2.75, 3.05) is 44.1 Å². The van der Waals surface area contributed by atoms with Gasteiger partial charge in [0.2, 0.25) is 0 Å². The smallest absolute Gasteiger partial charge is 0.145 e. The second-order valence-electron chi connectivity index (χ2n) is 6.07. The van der Waals surface area contributed by atoms with Crippen molar-refractivity contribution in [1.82, 2.24) is 14.9 Å². The van der Waals surface area contributed by atoms with Gasteiger partial charge < -0.3 is 15.2 Å². The van der Waals surface area contributed by atoms with Gasteiger partial charge in [0.15, 0.2) is 0 Å². The maximum Gasteiger partial charge on any atom is 0.145 e. The minimum absolute atomic E-state index is 0.575. The van der Waals surface area contributed by atoms with E-state index in [1.165, 1.54) is 0 Å². The number of nitrogens with one attached hydrogen (secondary N) is 1. The van der Waals surface area contributed by atoms with Gasteiger partial charge in [0.1, 0.15) is 17.5 Å². The summed E-state index contributed by atoms with van der Waals surface area (Å²) in [6, 6.07) is 1.93. The molecule has 0 fully saturated rings. The Hall–Kier alpha value is -1.40. The summed E-state index contributed by atoms with van der Waals surface area (Å²) < 4.78 is 0. The molecule has 21 heavy (non-hydrogen) atoms. The highest BCUT2D eigenvalue weighted by molar-refractivity contribution is 5.49. The molecular formula is C15H30N6. The Morgan fingerprint density at radius 1 is 1.24 bits per heavy atom. The molecule has 0 aliphatic carbocycles. The maximum absolute atomic E-state index is 5.54. The average Bonchev–Trinajstić information content (AvgIpc) is 2.42. The minimum Gasteiger partial charge on any atom is -0.355 e. The number of hydrazine groups is 1. The van der Waals surface area contributed by atoms with Gasteiger partial charge in [0, 0.05) is 32.1 Å². The Morgan fingerprint density at radius 3 is 2.48 bits per heavy atom. The van der Waals surface area contributed by atoms with Crippen LogP contribution in [0.4, 0.5) is 11.6 Å². The van der Waals surface area contributed by atoms with Crippen molar-refractivity contribution in [1.29, 1.82) is 0 Å². The molecule has 0 spiro atoms. The molecular weight excluding hydrogens is 264 g/mol. The van der Waals surface area contributed by atoms with Gasteiger partial charge in [-0.05, 0) is 26.4 Å². The van der Waals surface area contributed by atoms with Crippen molar-refractivity contribution in [2.24, 2.45) is 11.8 Å². The van der Waals surface area contributed by atoms with Gasteiger partial charge in [0.25, 0.3) is 0 Å². The summed E-state index contributed by atoms with van der Waals surface area (Å²) in [6.45, 7) is 9.48. The first-order chi connectivity index (χ1) is 9.96. The summed E-state index contributed by atoms with van der Waals surface area (Å²) in [5.41, 5.74) is 2.65. The Bertz CT molecular complexity index is 419. The normalized spacial score (nSPS) is 11.2. The molecule has 1 aromatic rings. The van der Waals surface area contributed by atoms with Crippen LogP contribution in [0.5, 0.6) is 0 Å². The first-order valence-corrected chi connectivity index (χ1v) is 7.70. The van der Waals surface area contributed by atoms with E-state index in [1.807, 2.05) is 6.07 Å². The van der Waals surface area contributed by atoms with Crippen molar-refractivity contribution in [2.45, 2.75) is 33.6 Å². The predicted octanol–water partition coefficient (Wildman–Crippen LogP) is 1.74. The van der Waals surface area contributed by atoms with Crippen LogP contribution in [0.1, 0.15) is 33.0 Å². The highest BCUT2D eigenvalue weighted by Gasteiger charge is 2.13. The highest BCUT2D eigenvalue weighted by Crippen LogP contribution is 2.17. The number of hydrogen-bond acceptors (Lipinski definition) is 6. The second-order valence-corrected chi connectivity index (χ2v) is 6.07. The standard InChI is InChI=1S/C15H30N6/c1-6-7-13-17-14(19-16)10-15(18-13)21(11-12(2)3)9-8-20(4)5/h10,12H,6-9,11,16H2,1-5H3,(H,17,18,19). The number of nitrogens with two attached hydrogens (primary N) is 1. The van der Waals surface area contributed by atoms with Gasteiger partial charge in [-0.3, -0.25) is 0 Å². The van der Waals surface area contributed by atoms with E-state index in [-0.39, 0.29) is 0 Å². The molecule has 0 bridgehead atoms. The predicted molar refractivity (Wildman–Crippen MR) is 89.4 cm³/mol. The molecule has 3 N–H and O–H groups in total. The van der Waals surface area contributed by atoms with Crippen molar-refractivity contribution < 1.29 is 0 Å². The number of aromatic nitrogens is 2. The Labute approximate surface area is 128 Å². The molecule has 1 aromatic heterocycles. The lowest BCUT2D eigenvalue weighted by Crippen LogP contribution is -2.35. The van der Waals surface area contributed by atoms with Crippen LogP contribution >= 0.6 is 0 Å². The Kier molecular flexibility index (Phi) is 7.39. The van der Waals surface area contributed by atoms with Crippen molar-refractivity contribution >= 4 is 11.6 Å². The van der Waals surface area contributed by atoms with Gasteiger partial charge in [-0.1, -0.05) is 20.8 Å². The minimum atomic E-state index is 0.575. The summed E-state index contributed by atoms with van der Waals surface area (Å²) in [7, 11) is 4.17. The van der Waals surface area contributed by atoms with Crippen molar-refractivity contribution in [3.8, 4) is 0 Å². The SMILES string of the molecule is CCCc1nc(NN)cc(N(CCN(C)C)CC(C)C)n1. The van der Waals surface area contributed by atoms with E-state index >= 15 is 0 Å². The number of nitrogens with zero attached hydrogens (tertiary/aromatic N) is 4. The van der Waals surface area contributed by atoms with E-state index in [2.05, 4.69) is 55.1 Å². The van der Waals surface area contributed by atoms with Gasteiger partial charge in [-0.25, -0.2) is 15.8 Å². The van der Waals surface area contributed by atoms with Crippen LogP contribution in [0.2, 0.25) is 0 Å². The molecule has 120 valence electrons. The monoisotopic (exact) mass is 294 g/mol. The Morgan fingerprint density at radius 2 is 1.95 bits per heavy atom. The third-order valence-electron chi connectivity index (χ3n) is 3.11. The first-order valence-electron chi connectivity index (χ1n) is 7.70. The highest BCUT2D eigenvalue weighted by atomic mass is 15.3. The Balaban J connectivity index is 3.00. The van der Waals surface area contributed by atoms with Crippen molar-refractivity contribution in [3.05, 3.63) is 11.9 Å². The molecule has 0 amide bonds. The molecule has 6 heteroatoms. The largest absolute Gasteiger partial charge is 0.355 e. The van der Waals surface area contributed by atoms with E-state index in [0.717, 1.165) is 44.1 Å². The molecule has 0 aliphatic rings. The summed E-state index contributed by atoms with van der Waals surface area (Å²) in [4.78, 5) is 13.6. The topological polar surface area (TPSA) is 70.3 Å². The van der Waals surface area contributed by atoms with Crippen LogP contribution in [0, 0.1) is 5.92 Å². The molecule has 6 nitrogen and oxygen atoms in total. The molecule has 0 aromatic carbocycles. The zero-order chi connectivity index (χ0) is 15.8. The number of rotatable bonds is 9. The number of aryl methyl sites for hydroxylation is 1. The molecule has 0 saturated heterocycles. The van der Waals surface area contributed by atoms with Crippen LogP contribution < -0.4 is 16.2 Å². The maximum atomic E-state index is 5.54. The lowest BCUT2D eigenvalue weighted by atomic mass is 10.2. The summed E-state index contributed by atoms with van der Waals surface area (Å²) in [5.74, 6) is 8.60. The van der Waals surface area contributed by atoms with E-state index in [1.54, 1.807) is 0 Å². The van der Waals surface area contributed by atoms with Gasteiger partial charge >= 0.3 is 0 Å². The third kappa shape index (κ3) is 6.27. The van der Waals surface area contributed by atoms with E-state index in [9.17, 15) is 0 Å². The molecule has 0 unspecified atom stereocenters. The number of nitrogen functional groups attached to an aromatic ring is 1. The van der Waals surface area contributed by atoms with Gasteiger partial charge in [-0.15, -0.1) is 0 Å². The number of likely N-dealkylation sites (N-methyl/N-ethyl adjacent to an activating group) is 1. The van der Waals surface area contributed by atoms with E-state index in [4.69, 9.17) is 10.8 Å². The quantitative estimate of drug-likeness (QED) is 0.534. The zero-order valence-electron chi connectivity index (χ0n) is 14.1. The fourth-order valence-electron chi connectivity index (χ4n) is 2.12. The zero-order valence-corrected chi connectivity index (χ0v) is 14.1. The second kappa shape index (κ2) is 8.79. The fraction of sp³-hybridized carbons (Fsp3) is 0.733. The van der Waals surface area contributed by atoms with Gasteiger partial charge in [0.05, 0.1) is 0 Å². The summed E-state index contributed by atoms with van der Waals surface area (Å²) in [5, 5.41) is 0. The molecule has 1 rings (SSSR count). The molecule has 0 atom stereocenters. The number of anilines is 2. The molecule has 0 radical (unpaired) electrons. The fourth-order valence-corrected chi connectivity index (χ4v) is 2.12. The van der Waals surface area contributed by atoms with Crippen molar-refractivity contribution in [3.63, 3.8) is 0 Å². The van der Waals surface area contributed by atoms with Crippen LogP contribution in [0.15, 0.2) is 6.07 Å². The van der Waals surface area contributed by atoms with Crippen LogP contribution in [-0.2, 0) is 6.42 Å². The van der Waals surface area contributed by atoms with Gasteiger partial charge in [-0.2, -0.15) is 0 Å². The van der Waals surface area contributed by atoms with E-state index in [0.29, 0.717) is 11.7 Å². The molecule has 1 heterocycles. The third-order valence-corrected chi connectivity index (χ3v) is 3.11. The lowest BCUT2D eigenvalue weighted by molar-refractivity contribution is 0.408. The van der Waals surface area contributed by atoms with Crippen LogP contribution in [0.25, 0.3) is 0 Å². The van der Waals surface area contributed by atoms with Crippen LogP contribution in [0.3, 0.4) is 0 Å². The average molecular weight is 294 g/mol. The van der Waals surface area contributed by atoms with Crippen LogP contribution in [-0.4, -0.2) is 48.6 Å². The first kappa shape index (κ1) is 17.7. The summed E-state index contributed by atoms with van der Waals surface area (Å²) >= 11 is 0. The number of hydrogen-bond donors (Lipinski definition) is 2. The van der Waals surface area contributed by atoms with E-state index < -0.39 is 0 Å². The molecule has 0 saturated carbocycles. The lowest BCUT2D eigenvalue weighted by Gasteiger charge is -2.27. The molecule has 0 aliphatic heterocycles.